The minimum absolute atomic E-state index is 0.359. The lowest BCUT2D eigenvalue weighted by atomic mass is 10.6. The molecule has 11 heavy (non-hydrogen) atoms. The fourth-order valence-electron chi connectivity index (χ4n) is 0.201. The van der Waals surface area contributed by atoms with Crippen LogP contribution in [0.25, 0.3) is 0 Å². The van der Waals surface area contributed by atoms with Gasteiger partial charge in [0.2, 0.25) is 0 Å². The van der Waals surface area contributed by atoms with Gasteiger partial charge in [-0.1, -0.05) is 6.58 Å². The van der Waals surface area contributed by atoms with Gasteiger partial charge in [-0.05, 0) is 6.92 Å². The van der Waals surface area contributed by atoms with Gasteiger partial charge in [-0.15, -0.1) is 0 Å². The third-order valence-corrected chi connectivity index (χ3v) is 0.453. The third kappa shape index (κ3) is 26.7. The van der Waals surface area contributed by atoms with Crippen molar-refractivity contribution < 1.29 is 23.9 Å². The summed E-state index contributed by atoms with van der Waals surface area (Å²) in [4.78, 5) is 24.4. The van der Waals surface area contributed by atoms with Gasteiger partial charge in [0.15, 0.2) is 0 Å². The van der Waals surface area contributed by atoms with Crippen molar-refractivity contribution in [3.63, 3.8) is 0 Å². The Hall–Kier alpha value is -0.640. The lowest BCUT2D eigenvalue weighted by Gasteiger charge is -1.90. The van der Waals surface area contributed by atoms with E-state index in [0.29, 0.717) is 6.61 Å². The van der Waals surface area contributed by atoms with Crippen LogP contribution >= 0.6 is 8.25 Å². The van der Waals surface area contributed by atoms with Crippen LogP contribution in [0.5, 0.6) is 0 Å². The summed E-state index contributed by atoms with van der Waals surface area (Å²) < 4.78 is 13.2. The fourth-order valence-corrected chi connectivity index (χ4v) is 0.201. The average molecular weight is 182 g/mol. The predicted molar refractivity (Wildman–Crippen MR) is 40.3 cm³/mol. The molecule has 0 aliphatic heterocycles. The molecular formula is C5H11O5P. The maximum atomic E-state index is 10.1. The summed E-state index contributed by atoms with van der Waals surface area (Å²) in [7, 11) is -3.13. The summed E-state index contributed by atoms with van der Waals surface area (Å²) >= 11 is 0. The molecule has 5 nitrogen and oxygen atoms in total. The Morgan fingerprint density at radius 1 is 1.73 bits per heavy atom. The molecule has 0 amide bonds. The monoisotopic (exact) mass is 182 g/mol. The normalized spacial score (nSPS) is 8.00. The van der Waals surface area contributed by atoms with Crippen LogP contribution in [0.15, 0.2) is 12.7 Å². The van der Waals surface area contributed by atoms with Gasteiger partial charge in [-0.2, -0.15) is 0 Å². The smallest absolute Gasteiger partial charge is 0.330 e. The Bertz CT molecular complexity index is 140. The van der Waals surface area contributed by atoms with Gasteiger partial charge in [0.1, 0.15) is 0 Å². The molecule has 0 heterocycles. The highest BCUT2D eigenvalue weighted by molar-refractivity contribution is 7.30. The fraction of sp³-hybridized carbons (Fsp3) is 0.400. The van der Waals surface area contributed by atoms with Crippen molar-refractivity contribution in [2.24, 2.45) is 0 Å². The first-order valence-corrected chi connectivity index (χ1v) is 4.05. The minimum Gasteiger partial charge on any atom is -0.463 e. The van der Waals surface area contributed by atoms with Crippen molar-refractivity contribution in [3.05, 3.63) is 12.7 Å². The van der Waals surface area contributed by atoms with E-state index in [1.54, 1.807) is 6.92 Å². The first kappa shape index (κ1) is 13.0. The molecule has 0 aromatic rings. The molecule has 0 saturated heterocycles. The Balaban J connectivity index is 0. The van der Waals surface area contributed by atoms with E-state index in [1.807, 2.05) is 0 Å². The van der Waals surface area contributed by atoms with Gasteiger partial charge in [0.25, 0.3) is 0 Å². The topological polar surface area (TPSA) is 83.8 Å². The Morgan fingerprint density at radius 3 is 2.18 bits per heavy atom. The maximum absolute atomic E-state index is 10.1. The van der Waals surface area contributed by atoms with Crippen LogP contribution in [-0.2, 0) is 14.1 Å². The van der Waals surface area contributed by atoms with Crippen LogP contribution in [0.3, 0.4) is 0 Å². The van der Waals surface area contributed by atoms with Gasteiger partial charge < -0.3 is 14.5 Å². The molecular weight excluding hydrogens is 171 g/mol. The second-order valence-electron chi connectivity index (χ2n) is 1.24. The second kappa shape index (κ2) is 9.36. The number of hydrogen-bond donors (Lipinski definition) is 2. The maximum Gasteiger partial charge on any atom is 0.330 e. The zero-order chi connectivity index (χ0) is 9.28. The molecule has 0 aliphatic carbocycles. The summed E-state index contributed by atoms with van der Waals surface area (Å²) in [5.74, 6) is -0.359. The van der Waals surface area contributed by atoms with E-state index in [4.69, 9.17) is 14.4 Å². The molecule has 2 N–H and O–H groups in total. The molecule has 0 aromatic carbocycles. The summed E-state index contributed by atoms with van der Waals surface area (Å²) in [5, 5.41) is 0. The molecule has 0 aliphatic rings. The average Bonchev–Trinajstić information content (AvgIpc) is 1.87. The summed E-state index contributed by atoms with van der Waals surface area (Å²) in [6.45, 7) is 5.38. The van der Waals surface area contributed by atoms with Crippen LogP contribution in [0.2, 0.25) is 0 Å². The molecule has 6 heteroatoms. The quantitative estimate of drug-likeness (QED) is 0.359. The van der Waals surface area contributed by atoms with Crippen LogP contribution < -0.4 is 0 Å². The molecule has 0 bridgehead atoms. The zero-order valence-electron chi connectivity index (χ0n) is 6.11. The Kier molecular flexibility index (Phi) is 11.1. The second-order valence-corrected chi connectivity index (χ2v) is 1.80. The molecule has 0 spiro atoms. The highest BCUT2D eigenvalue weighted by Gasteiger charge is 1.86. The molecule has 0 rings (SSSR count). The van der Waals surface area contributed by atoms with E-state index in [2.05, 4.69) is 11.3 Å². The number of carbonyl (C=O) groups is 1. The molecule has 66 valence electrons. The number of rotatable bonds is 2. The van der Waals surface area contributed by atoms with Crippen LogP contribution in [0, 0.1) is 0 Å². The van der Waals surface area contributed by atoms with Crippen LogP contribution in [0.4, 0.5) is 0 Å². The van der Waals surface area contributed by atoms with Crippen molar-refractivity contribution in [2.75, 3.05) is 6.61 Å². The summed E-state index contributed by atoms with van der Waals surface area (Å²) in [6.07, 6.45) is 1.14. The third-order valence-electron chi connectivity index (χ3n) is 0.453. The van der Waals surface area contributed by atoms with E-state index in [9.17, 15) is 4.79 Å². The van der Waals surface area contributed by atoms with E-state index in [0.717, 1.165) is 6.08 Å². The number of hydrogen-bond acceptors (Lipinski definition) is 3. The van der Waals surface area contributed by atoms with Gasteiger partial charge in [-0.25, -0.2) is 4.79 Å². The van der Waals surface area contributed by atoms with E-state index in [-0.39, 0.29) is 5.97 Å². The first-order valence-electron chi connectivity index (χ1n) is 2.75. The molecule has 0 atom stereocenters. The SMILES string of the molecule is C=CC(=O)OCC.O=[PH](O)O. The van der Waals surface area contributed by atoms with Gasteiger partial charge in [0.05, 0.1) is 6.61 Å². The molecule has 0 fully saturated rings. The highest BCUT2D eigenvalue weighted by Crippen LogP contribution is 1.98. The molecule has 0 radical (unpaired) electrons. The van der Waals surface area contributed by atoms with Crippen molar-refractivity contribution in [1.82, 2.24) is 0 Å². The first-order chi connectivity index (χ1) is 5.04. The lowest BCUT2D eigenvalue weighted by molar-refractivity contribution is -0.137. The van der Waals surface area contributed by atoms with Crippen molar-refractivity contribution >= 4 is 14.2 Å². The summed E-state index contributed by atoms with van der Waals surface area (Å²) in [6, 6.07) is 0. The van der Waals surface area contributed by atoms with Gasteiger partial charge in [-0.3, -0.25) is 4.57 Å². The Labute approximate surface area is 65.3 Å². The highest BCUT2D eigenvalue weighted by atomic mass is 31.1. The number of ether oxygens (including phenoxy) is 1. The van der Waals surface area contributed by atoms with E-state index in [1.165, 1.54) is 0 Å². The Morgan fingerprint density at radius 2 is 2.09 bits per heavy atom. The summed E-state index contributed by atoms with van der Waals surface area (Å²) in [5.41, 5.74) is 0. The van der Waals surface area contributed by atoms with Crippen molar-refractivity contribution in [2.45, 2.75) is 6.92 Å². The van der Waals surface area contributed by atoms with Crippen LogP contribution in [-0.4, -0.2) is 22.4 Å². The number of carbonyl (C=O) groups excluding carboxylic acids is 1. The standard InChI is InChI=1S/C5H8O2.H3O3P/c1-3-5(6)7-4-2;1-4(2)3/h3H,1,4H2,2H3;4H,(H2,1,2,3). The lowest BCUT2D eigenvalue weighted by Crippen LogP contribution is -1.97. The molecule has 0 unspecified atom stereocenters. The van der Waals surface area contributed by atoms with Gasteiger partial charge in [0, 0.05) is 6.08 Å². The molecule has 0 saturated carbocycles. The molecule has 0 aromatic heterocycles. The van der Waals surface area contributed by atoms with Gasteiger partial charge >= 0.3 is 14.2 Å². The van der Waals surface area contributed by atoms with Crippen LogP contribution in [0.1, 0.15) is 6.92 Å². The largest absolute Gasteiger partial charge is 0.463 e. The zero-order valence-corrected chi connectivity index (χ0v) is 7.11. The van der Waals surface area contributed by atoms with E-state index >= 15 is 0 Å². The van der Waals surface area contributed by atoms with Crippen molar-refractivity contribution in [3.8, 4) is 0 Å². The predicted octanol–water partition coefficient (Wildman–Crippen LogP) is 0.0962. The minimum atomic E-state index is -3.13. The van der Waals surface area contributed by atoms with Crippen molar-refractivity contribution in [1.29, 1.82) is 0 Å². The van der Waals surface area contributed by atoms with E-state index < -0.39 is 8.25 Å². The number of esters is 1.